The topological polar surface area (TPSA) is 66.6 Å². The highest BCUT2D eigenvalue weighted by atomic mass is 32.2. The van der Waals surface area contributed by atoms with E-state index in [-0.39, 0.29) is 5.75 Å². The van der Waals surface area contributed by atoms with E-state index in [0.717, 1.165) is 19.6 Å². The first-order chi connectivity index (χ1) is 7.10. The Morgan fingerprint density at radius 1 is 1.20 bits per heavy atom. The molecule has 0 radical (unpaired) electrons. The number of hydrogen-bond acceptors (Lipinski definition) is 4. The Labute approximate surface area is 92.3 Å². The maximum atomic E-state index is 11.8. The van der Waals surface area contributed by atoms with Gasteiger partial charge in [0.25, 0.3) is 0 Å². The molecule has 0 unspecified atom stereocenters. The first-order valence-corrected chi connectivity index (χ1v) is 7.11. The highest BCUT2D eigenvalue weighted by Gasteiger charge is 2.25. The molecule has 5 nitrogen and oxygen atoms in total. The van der Waals surface area contributed by atoms with Gasteiger partial charge in [-0.25, -0.2) is 8.42 Å². The van der Waals surface area contributed by atoms with Crippen molar-refractivity contribution in [1.29, 1.82) is 0 Å². The predicted molar refractivity (Wildman–Crippen MR) is 61.1 cm³/mol. The van der Waals surface area contributed by atoms with Gasteiger partial charge in [0, 0.05) is 26.2 Å². The van der Waals surface area contributed by atoms with E-state index in [1.54, 1.807) is 4.31 Å². The molecule has 1 fully saturated rings. The number of sulfonamides is 1. The van der Waals surface area contributed by atoms with Gasteiger partial charge in [-0.1, -0.05) is 6.92 Å². The van der Waals surface area contributed by atoms with Gasteiger partial charge in [-0.3, -0.25) is 0 Å². The fourth-order valence-electron chi connectivity index (χ4n) is 1.72. The van der Waals surface area contributed by atoms with Crippen molar-refractivity contribution in [3.8, 4) is 0 Å². The summed E-state index contributed by atoms with van der Waals surface area (Å²) in [5.74, 6) is 0.190. The van der Waals surface area contributed by atoms with Crippen molar-refractivity contribution in [2.24, 2.45) is 5.73 Å². The van der Waals surface area contributed by atoms with Gasteiger partial charge in [0.2, 0.25) is 10.0 Å². The molecule has 0 aromatic rings. The summed E-state index contributed by atoms with van der Waals surface area (Å²) in [5, 5.41) is 0. The molecule has 0 spiro atoms. The lowest BCUT2D eigenvalue weighted by molar-refractivity contribution is 0.196. The minimum Gasteiger partial charge on any atom is -0.330 e. The molecule has 15 heavy (non-hydrogen) atoms. The van der Waals surface area contributed by atoms with Crippen LogP contribution in [0.1, 0.15) is 13.3 Å². The van der Waals surface area contributed by atoms with Crippen LogP contribution in [-0.4, -0.2) is 62.6 Å². The summed E-state index contributed by atoms with van der Waals surface area (Å²) in [7, 11) is -3.05. The molecule has 0 aromatic carbocycles. The molecule has 6 heteroatoms. The van der Waals surface area contributed by atoms with Gasteiger partial charge in [0.05, 0.1) is 5.75 Å². The van der Waals surface area contributed by atoms with E-state index in [0.29, 0.717) is 26.1 Å². The fraction of sp³-hybridized carbons (Fsp3) is 1.00. The van der Waals surface area contributed by atoms with Crippen LogP contribution in [0.5, 0.6) is 0 Å². The first kappa shape index (κ1) is 12.9. The Morgan fingerprint density at radius 3 is 2.27 bits per heavy atom. The molecule has 2 N–H and O–H groups in total. The molecule has 90 valence electrons. The second-order valence-corrected chi connectivity index (χ2v) is 5.88. The largest absolute Gasteiger partial charge is 0.330 e. The van der Waals surface area contributed by atoms with E-state index >= 15 is 0 Å². The van der Waals surface area contributed by atoms with E-state index < -0.39 is 10.0 Å². The number of likely N-dealkylation sites (N-methyl/N-ethyl adjacent to an activating group) is 1. The third-order valence-electron chi connectivity index (χ3n) is 2.78. The Kier molecular flexibility index (Phi) is 4.98. The zero-order chi connectivity index (χ0) is 11.3. The third-order valence-corrected chi connectivity index (χ3v) is 4.73. The zero-order valence-corrected chi connectivity index (χ0v) is 10.2. The van der Waals surface area contributed by atoms with Gasteiger partial charge >= 0.3 is 0 Å². The molecule has 0 atom stereocenters. The van der Waals surface area contributed by atoms with Crippen LogP contribution >= 0.6 is 0 Å². The van der Waals surface area contributed by atoms with Crippen LogP contribution in [-0.2, 0) is 10.0 Å². The summed E-state index contributed by atoms with van der Waals surface area (Å²) in [5.41, 5.74) is 5.32. The smallest absolute Gasteiger partial charge is 0.214 e. The van der Waals surface area contributed by atoms with Crippen LogP contribution in [0.25, 0.3) is 0 Å². The molecule has 0 aromatic heterocycles. The minimum absolute atomic E-state index is 0.190. The van der Waals surface area contributed by atoms with Crippen LogP contribution in [0.4, 0.5) is 0 Å². The molecule has 0 amide bonds. The Balaban J connectivity index is 2.45. The first-order valence-electron chi connectivity index (χ1n) is 5.50. The van der Waals surface area contributed by atoms with Crippen LogP contribution in [0.15, 0.2) is 0 Å². The molecular formula is C9H21N3O2S. The molecule has 1 aliphatic heterocycles. The average Bonchev–Trinajstić information content (AvgIpc) is 2.26. The minimum atomic E-state index is -3.05. The second-order valence-electron chi connectivity index (χ2n) is 3.79. The maximum absolute atomic E-state index is 11.8. The third kappa shape index (κ3) is 3.71. The molecule has 0 bridgehead atoms. The quantitative estimate of drug-likeness (QED) is 0.684. The number of nitrogens with two attached hydrogens (primary N) is 1. The van der Waals surface area contributed by atoms with E-state index in [4.69, 9.17) is 5.73 Å². The number of piperazine rings is 1. The highest BCUT2D eigenvalue weighted by Crippen LogP contribution is 2.08. The van der Waals surface area contributed by atoms with Crippen LogP contribution in [0.3, 0.4) is 0 Å². The Hall–Kier alpha value is -0.170. The average molecular weight is 235 g/mol. The predicted octanol–water partition coefficient (Wildman–Crippen LogP) is -0.697. The van der Waals surface area contributed by atoms with Crippen molar-refractivity contribution < 1.29 is 8.42 Å². The zero-order valence-electron chi connectivity index (χ0n) is 9.35. The summed E-state index contributed by atoms with van der Waals surface area (Å²) < 4.78 is 25.2. The summed E-state index contributed by atoms with van der Waals surface area (Å²) in [6.45, 7) is 6.47. The Bertz CT molecular complexity index is 271. The summed E-state index contributed by atoms with van der Waals surface area (Å²) in [4.78, 5) is 2.26. The number of rotatable bonds is 5. The number of hydrogen-bond donors (Lipinski definition) is 1. The van der Waals surface area contributed by atoms with Crippen molar-refractivity contribution in [2.45, 2.75) is 13.3 Å². The molecule has 0 saturated carbocycles. The summed E-state index contributed by atoms with van der Waals surface area (Å²) >= 11 is 0. The fourth-order valence-corrected chi connectivity index (χ4v) is 3.23. The van der Waals surface area contributed by atoms with Crippen LogP contribution < -0.4 is 5.73 Å². The highest BCUT2D eigenvalue weighted by molar-refractivity contribution is 7.89. The lowest BCUT2D eigenvalue weighted by Crippen LogP contribution is -2.49. The van der Waals surface area contributed by atoms with Crippen LogP contribution in [0, 0.1) is 0 Å². The molecule has 1 heterocycles. The maximum Gasteiger partial charge on any atom is 0.214 e. The van der Waals surface area contributed by atoms with E-state index in [1.165, 1.54) is 0 Å². The molecule has 1 aliphatic rings. The molecular weight excluding hydrogens is 214 g/mol. The van der Waals surface area contributed by atoms with E-state index in [9.17, 15) is 8.42 Å². The molecule has 1 rings (SSSR count). The van der Waals surface area contributed by atoms with Crippen LogP contribution in [0.2, 0.25) is 0 Å². The summed E-state index contributed by atoms with van der Waals surface area (Å²) in [6.07, 6.45) is 0.552. The van der Waals surface area contributed by atoms with E-state index in [2.05, 4.69) is 11.8 Å². The van der Waals surface area contributed by atoms with Crippen molar-refractivity contribution in [1.82, 2.24) is 9.21 Å². The van der Waals surface area contributed by atoms with Crippen molar-refractivity contribution in [2.75, 3.05) is 45.0 Å². The second kappa shape index (κ2) is 5.79. The van der Waals surface area contributed by atoms with Gasteiger partial charge in [-0.05, 0) is 19.5 Å². The molecule has 0 aliphatic carbocycles. The van der Waals surface area contributed by atoms with Gasteiger partial charge < -0.3 is 10.6 Å². The van der Waals surface area contributed by atoms with Crippen molar-refractivity contribution >= 4 is 10.0 Å². The van der Waals surface area contributed by atoms with Crippen molar-refractivity contribution in [3.63, 3.8) is 0 Å². The Morgan fingerprint density at radius 2 is 1.80 bits per heavy atom. The van der Waals surface area contributed by atoms with E-state index in [1.807, 2.05) is 0 Å². The van der Waals surface area contributed by atoms with Gasteiger partial charge in [-0.2, -0.15) is 4.31 Å². The standard InChI is InChI=1S/C9H21N3O2S/c1-2-11-5-7-12(8-6-11)15(13,14)9-3-4-10/h2-10H2,1H3. The normalized spacial score (nSPS) is 20.7. The lowest BCUT2D eigenvalue weighted by atomic mass is 10.4. The van der Waals surface area contributed by atoms with Gasteiger partial charge in [0.15, 0.2) is 0 Å². The number of nitrogens with zero attached hydrogens (tertiary/aromatic N) is 2. The molecule has 1 saturated heterocycles. The van der Waals surface area contributed by atoms with Gasteiger partial charge in [-0.15, -0.1) is 0 Å². The SMILES string of the molecule is CCN1CCN(S(=O)(=O)CCCN)CC1. The van der Waals surface area contributed by atoms with Gasteiger partial charge in [0.1, 0.15) is 0 Å². The van der Waals surface area contributed by atoms with Crippen molar-refractivity contribution in [3.05, 3.63) is 0 Å². The lowest BCUT2D eigenvalue weighted by Gasteiger charge is -2.33. The monoisotopic (exact) mass is 235 g/mol. The summed E-state index contributed by atoms with van der Waals surface area (Å²) in [6, 6.07) is 0.